The number of hydrogen-bond acceptors (Lipinski definition) is 9. The largest absolute Gasteiger partial charge is 0.480 e. The van der Waals surface area contributed by atoms with Crippen molar-refractivity contribution < 1.29 is 37.8 Å². The van der Waals surface area contributed by atoms with Crippen molar-refractivity contribution in [1.82, 2.24) is 19.5 Å². The summed E-state index contributed by atoms with van der Waals surface area (Å²) in [5, 5.41) is 34.3. The number of rotatable bonds is 11. The number of pyridine rings is 1. The zero-order chi connectivity index (χ0) is 35.5. The first-order valence-electron chi connectivity index (χ1n) is 15.0. The second-order valence-corrected chi connectivity index (χ2v) is 14.3. The van der Waals surface area contributed by atoms with Crippen LogP contribution >= 0.6 is 23.2 Å². The predicted molar refractivity (Wildman–Crippen MR) is 177 cm³/mol. The third kappa shape index (κ3) is 7.85. The lowest BCUT2D eigenvalue weighted by Gasteiger charge is -2.27. The number of carboxylic acids is 2. The minimum atomic E-state index is -4.38. The van der Waals surface area contributed by atoms with E-state index in [-0.39, 0.29) is 45.5 Å². The monoisotopic (exact) mass is 728 g/mol. The molecule has 4 atom stereocenters. The third-order valence-electron chi connectivity index (χ3n) is 8.50. The van der Waals surface area contributed by atoms with Crippen LogP contribution in [-0.4, -0.2) is 93.8 Å². The highest BCUT2D eigenvalue weighted by Crippen LogP contribution is 2.33. The first-order chi connectivity index (χ1) is 23.3. The molecule has 0 radical (unpaired) electrons. The first kappa shape index (κ1) is 35.7. The van der Waals surface area contributed by atoms with Crippen LogP contribution in [0, 0.1) is 11.3 Å². The van der Waals surface area contributed by atoms with Crippen LogP contribution in [0.15, 0.2) is 65.8 Å². The van der Waals surface area contributed by atoms with E-state index in [0.29, 0.717) is 30.6 Å². The number of aromatic nitrogens is 1. The van der Waals surface area contributed by atoms with Gasteiger partial charge in [-0.25, -0.2) is 13.2 Å². The summed E-state index contributed by atoms with van der Waals surface area (Å²) in [6.45, 7) is 0.187. The maximum Gasteiger partial charge on any atom is 0.326 e. The molecule has 3 aromatic rings. The number of carbonyl (C=O) groups excluding carboxylic acids is 2. The Balaban J connectivity index is 1.34. The molecular weight excluding hydrogens is 699 g/mol. The Morgan fingerprint density at radius 3 is 2.37 bits per heavy atom. The molecule has 0 saturated carbocycles. The summed E-state index contributed by atoms with van der Waals surface area (Å²) in [7, 11) is -4.38. The van der Waals surface area contributed by atoms with E-state index in [0.717, 1.165) is 4.31 Å². The lowest BCUT2D eigenvalue weighted by atomic mass is 10.0. The molecule has 4 N–H and O–H groups in total. The van der Waals surface area contributed by atoms with Crippen molar-refractivity contribution in [2.75, 3.05) is 18.4 Å². The predicted octanol–water partition coefficient (Wildman–Crippen LogP) is 3.01. The number of carboxylic acid groups (broad SMARTS) is 2. The van der Waals surface area contributed by atoms with Crippen molar-refractivity contribution in [3.05, 3.63) is 87.7 Å². The zero-order valence-electron chi connectivity index (χ0n) is 25.6. The number of anilines is 1. The van der Waals surface area contributed by atoms with Crippen molar-refractivity contribution in [3.8, 4) is 6.07 Å². The summed E-state index contributed by atoms with van der Waals surface area (Å²) in [5.41, 5.74) is 0.953. The normalized spacial score (nSPS) is 20.3. The second-order valence-electron chi connectivity index (χ2n) is 11.6. The maximum absolute atomic E-state index is 13.9. The van der Waals surface area contributed by atoms with Crippen molar-refractivity contribution in [1.29, 1.82) is 5.26 Å². The summed E-state index contributed by atoms with van der Waals surface area (Å²) in [5.74, 6) is -3.87. The number of carbonyl (C=O) groups is 4. The van der Waals surface area contributed by atoms with Crippen LogP contribution in [0.5, 0.6) is 0 Å². The number of nitriles is 1. The number of nitrogens with one attached hydrogen (secondary N) is 2. The number of halogens is 2. The fourth-order valence-corrected chi connectivity index (χ4v) is 8.35. The Morgan fingerprint density at radius 2 is 1.73 bits per heavy atom. The van der Waals surface area contributed by atoms with Crippen molar-refractivity contribution in [2.45, 2.75) is 54.7 Å². The first-order valence-corrected chi connectivity index (χ1v) is 17.2. The van der Waals surface area contributed by atoms with Crippen molar-refractivity contribution in [2.24, 2.45) is 0 Å². The minimum absolute atomic E-state index is 0.0299. The van der Waals surface area contributed by atoms with Crippen LogP contribution in [0.2, 0.25) is 10.0 Å². The number of benzene rings is 2. The summed E-state index contributed by atoms with van der Waals surface area (Å²) in [6, 6.07) is 9.04. The van der Waals surface area contributed by atoms with Gasteiger partial charge in [-0.15, -0.1) is 0 Å². The molecule has 2 amide bonds. The minimum Gasteiger partial charge on any atom is -0.480 e. The molecular formula is C32H30Cl2N6O8S. The summed E-state index contributed by atoms with van der Waals surface area (Å²) in [4.78, 5) is 56.0. The molecule has 2 saturated heterocycles. The van der Waals surface area contributed by atoms with Crippen molar-refractivity contribution >= 4 is 62.7 Å². The van der Waals surface area contributed by atoms with Gasteiger partial charge in [0, 0.05) is 37.1 Å². The summed E-state index contributed by atoms with van der Waals surface area (Å²) < 4.78 is 28.7. The average Bonchev–Trinajstić information content (AvgIpc) is 3.74. The second kappa shape index (κ2) is 14.9. The van der Waals surface area contributed by atoms with Gasteiger partial charge in [-0.3, -0.25) is 24.3 Å². The summed E-state index contributed by atoms with van der Waals surface area (Å²) in [6.07, 6.45) is 3.25. The molecule has 17 heteroatoms. The Labute approximate surface area is 291 Å². The van der Waals surface area contributed by atoms with Crippen LogP contribution in [-0.2, 0) is 30.8 Å². The molecule has 256 valence electrons. The molecule has 14 nitrogen and oxygen atoms in total. The SMILES string of the molecule is N#Cc1cccc(S(=O)(=O)N2C[C@H](N3CCC[C@@H]3C(=O)O)C[C@H]2C(=O)N[C@@H](Cc2ccc(NC(=O)c3c(Cl)cncc3Cl)cc2)C(=O)O)c1. The molecule has 1 aromatic heterocycles. The number of aliphatic carboxylic acids is 2. The van der Waals surface area contributed by atoms with Gasteiger partial charge >= 0.3 is 11.9 Å². The lowest BCUT2D eigenvalue weighted by molar-refractivity contribution is -0.143. The zero-order valence-corrected chi connectivity index (χ0v) is 28.0. The van der Waals surface area contributed by atoms with Crippen LogP contribution < -0.4 is 10.6 Å². The van der Waals surface area contributed by atoms with Gasteiger partial charge in [0.2, 0.25) is 15.9 Å². The van der Waals surface area contributed by atoms with E-state index in [9.17, 15) is 43.1 Å². The van der Waals surface area contributed by atoms with E-state index in [1.807, 2.05) is 6.07 Å². The molecule has 0 unspecified atom stereocenters. The van der Waals surface area contributed by atoms with Crippen molar-refractivity contribution in [3.63, 3.8) is 0 Å². The topological polar surface area (TPSA) is 210 Å². The molecule has 0 bridgehead atoms. The molecule has 2 aliphatic heterocycles. The van der Waals surface area contributed by atoms with Gasteiger partial charge in [-0.2, -0.15) is 9.57 Å². The van der Waals surface area contributed by atoms with Crippen LogP contribution in [0.4, 0.5) is 5.69 Å². The summed E-state index contributed by atoms with van der Waals surface area (Å²) >= 11 is 12.1. The Kier molecular flexibility index (Phi) is 10.9. The van der Waals surface area contributed by atoms with Crippen LogP contribution in [0.1, 0.15) is 40.7 Å². The van der Waals surface area contributed by atoms with E-state index < -0.39 is 57.9 Å². The molecule has 2 aliphatic rings. The molecule has 49 heavy (non-hydrogen) atoms. The van der Waals surface area contributed by atoms with Gasteiger partial charge < -0.3 is 20.8 Å². The van der Waals surface area contributed by atoms with Gasteiger partial charge in [0.15, 0.2) is 0 Å². The highest BCUT2D eigenvalue weighted by atomic mass is 35.5. The van der Waals surface area contributed by atoms with Gasteiger partial charge in [-0.05, 0) is 61.7 Å². The Morgan fingerprint density at radius 1 is 1.04 bits per heavy atom. The number of likely N-dealkylation sites (tertiary alicyclic amines) is 1. The molecule has 3 heterocycles. The fraction of sp³-hybridized carbons (Fsp3) is 0.312. The molecule has 5 rings (SSSR count). The van der Waals surface area contributed by atoms with Gasteiger partial charge in [0.25, 0.3) is 5.91 Å². The van der Waals surface area contributed by atoms with Crippen LogP contribution in [0.25, 0.3) is 0 Å². The fourth-order valence-electron chi connectivity index (χ4n) is 6.13. The van der Waals surface area contributed by atoms with E-state index in [1.165, 1.54) is 48.8 Å². The number of sulfonamides is 1. The molecule has 0 aliphatic carbocycles. The Bertz CT molecular complexity index is 1920. The third-order valence-corrected chi connectivity index (χ3v) is 10.9. The maximum atomic E-state index is 13.9. The van der Waals surface area contributed by atoms with Gasteiger partial charge in [0.1, 0.15) is 18.1 Å². The highest BCUT2D eigenvalue weighted by Gasteiger charge is 2.49. The van der Waals surface area contributed by atoms with E-state index in [1.54, 1.807) is 17.0 Å². The van der Waals surface area contributed by atoms with Crippen LogP contribution in [0.3, 0.4) is 0 Å². The van der Waals surface area contributed by atoms with E-state index in [2.05, 4.69) is 15.6 Å². The Hall–Kier alpha value is -4.59. The van der Waals surface area contributed by atoms with Gasteiger partial charge in [-0.1, -0.05) is 41.4 Å². The quantitative estimate of drug-likeness (QED) is 0.225. The molecule has 2 aromatic carbocycles. The number of amides is 2. The molecule has 0 spiro atoms. The smallest absolute Gasteiger partial charge is 0.326 e. The number of hydrogen-bond donors (Lipinski definition) is 4. The van der Waals surface area contributed by atoms with Gasteiger partial charge in [0.05, 0.1) is 32.1 Å². The van der Waals surface area contributed by atoms with E-state index in [4.69, 9.17) is 23.2 Å². The molecule has 2 fully saturated rings. The standard InChI is InChI=1S/C32H30Cl2N6O8S/c33-23-15-36-16-24(34)28(23)30(42)37-20-8-6-18(7-9-20)12-25(31(43)44)38-29(41)27-13-21(39-10-2-5-26(39)32(45)46)17-40(27)49(47,48)22-4-1-3-19(11-22)14-35/h1,3-4,6-9,11,15-16,21,25-27H,2,5,10,12-13,17H2,(H,37,42)(H,38,41)(H,43,44)(H,45,46)/t21-,25+,26-,27+/m1/s1. The lowest BCUT2D eigenvalue weighted by Crippen LogP contribution is -2.51. The van der Waals surface area contributed by atoms with E-state index >= 15 is 0 Å². The average molecular weight is 730 g/mol. The number of nitrogens with zero attached hydrogens (tertiary/aromatic N) is 4. The highest BCUT2D eigenvalue weighted by molar-refractivity contribution is 7.89.